The molecule has 2 amide bonds. The summed E-state index contributed by atoms with van der Waals surface area (Å²) in [6.07, 6.45) is 0. The van der Waals surface area contributed by atoms with Gasteiger partial charge in [0, 0.05) is 4.90 Å². The van der Waals surface area contributed by atoms with Crippen LogP contribution in [0.2, 0.25) is 5.02 Å². The van der Waals surface area contributed by atoms with E-state index in [1.54, 1.807) is 45.0 Å². The van der Waals surface area contributed by atoms with Crippen LogP contribution in [0.15, 0.2) is 47.4 Å². The molecule has 2 aromatic carbocycles. The van der Waals surface area contributed by atoms with Crippen LogP contribution in [0.4, 0.5) is 15.8 Å². The topological polar surface area (TPSA) is 49.4 Å². The number of para-hydroxylation sites is 2. The first-order valence-corrected chi connectivity index (χ1v) is 9.34. The summed E-state index contributed by atoms with van der Waals surface area (Å²) in [5.74, 6) is -0.952. The van der Waals surface area contributed by atoms with E-state index >= 15 is 0 Å². The summed E-state index contributed by atoms with van der Waals surface area (Å²) in [6, 6.07) is 11.5. The minimum Gasteiger partial charge on any atom is -0.322 e. The van der Waals surface area contributed by atoms with E-state index in [9.17, 15) is 14.0 Å². The molecule has 1 heterocycles. The Hall–Kier alpha value is -2.05. The second-order valence-electron chi connectivity index (χ2n) is 6.54. The average Bonchev–Trinajstić information content (AvgIpc) is 2.58. The standard InChI is InChI=1S/C19H18ClFN2O2S/c1-11(26-12-8-9-14(21)13(20)10-12)17(24)23-16-7-5-4-6-15(16)22-18(25)19(23,2)3/h4-11H,1-3H3,(H,22,25)/t11-/m1/s1. The summed E-state index contributed by atoms with van der Waals surface area (Å²) >= 11 is 7.09. The number of rotatable bonds is 3. The molecule has 1 aliphatic rings. The zero-order valence-corrected chi connectivity index (χ0v) is 16.1. The minimum absolute atomic E-state index is 0.0117. The van der Waals surface area contributed by atoms with Crippen molar-refractivity contribution in [3.05, 3.63) is 53.3 Å². The number of amides is 2. The molecule has 4 nitrogen and oxygen atoms in total. The molecule has 1 N–H and O–H groups in total. The maximum atomic E-state index is 13.3. The Kier molecular flexibility index (Phi) is 4.99. The maximum absolute atomic E-state index is 13.3. The van der Waals surface area contributed by atoms with E-state index < -0.39 is 16.6 Å². The van der Waals surface area contributed by atoms with Crippen molar-refractivity contribution in [2.24, 2.45) is 0 Å². The van der Waals surface area contributed by atoms with Gasteiger partial charge in [-0.15, -0.1) is 11.8 Å². The SMILES string of the molecule is C[C@@H](Sc1ccc(F)c(Cl)c1)C(=O)N1c2ccccc2NC(=O)C1(C)C. The number of nitrogens with one attached hydrogen (secondary N) is 1. The van der Waals surface area contributed by atoms with Gasteiger partial charge in [-0.1, -0.05) is 23.7 Å². The molecule has 0 saturated carbocycles. The monoisotopic (exact) mass is 392 g/mol. The van der Waals surface area contributed by atoms with E-state index in [4.69, 9.17) is 11.6 Å². The number of carbonyl (C=O) groups is 2. The van der Waals surface area contributed by atoms with Crippen LogP contribution in [0.3, 0.4) is 0 Å². The Labute approximate surface area is 160 Å². The van der Waals surface area contributed by atoms with Gasteiger partial charge in [-0.25, -0.2) is 4.39 Å². The van der Waals surface area contributed by atoms with Gasteiger partial charge >= 0.3 is 0 Å². The summed E-state index contributed by atoms with van der Waals surface area (Å²) in [7, 11) is 0. The summed E-state index contributed by atoms with van der Waals surface area (Å²) in [5.41, 5.74) is 0.236. The largest absolute Gasteiger partial charge is 0.322 e. The second-order valence-corrected chi connectivity index (χ2v) is 8.36. The van der Waals surface area contributed by atoms with Crippen LogP contribution in [0.25, 0.3) is 0 Å². The molecule has 0 fully saturated rings. The van der Waals surface area contributed by atoms with Gasteiger partial charge in [-0.05, 0) is 51.1 Å². The van der Waals surface area contributed by atoms with Gasteiger partial charge < -0.3 is 5.32 Å². The molecule has 0 bridgehead atoms. The van der Waals surface area contributed by atoms with Crippen molar-refractivity contribution in [1.29, 1.82) is 0 Å². The van der Waals surface area contributed by atoms with Gasteiger partial charge in [0.2, 0.25) is 11.8 Å². The van der Waals surface area contributed by atoms with Crippen molar-refractivity contribution in [2.45, 2.75) is 36.5 Å². The molecule has 0 saturated heterocycles. The molecule has 136 valence electrons. The zero-order valence-electron chi connectivity index (χ0n) is 14.5. The van der Waals surface area contributed by atoms with Gasteiger partial charge in [0.15, 0.2) is 0 Å². The number of benzene rings is 2. The molecule has 7 heteroatoms. The van der Waals surface area contributed by atoms with E-state index in [-0.39, 0.29) is 16.8 Å². The number of hydrogen-bond donors (Lipinski definition) is 1. The summed E-state index contributed by atoms with van der Waals surface area (Å²) in [5, 5.41) is 2.36. The van der Waals surface area contributed by atoms with E-state index in [2.05, 4.69) is 5.32 Å². The Bertz CT molecular complexity index is 888. The third-order valence-corrected chi connectivity index (χ3v) is 5.65. The highest BCUT2D eigenvalue weighted by Crippen LogP contribution is 2.39. The molecular formula is C19H18ClFN2O2S. The lowest BCUT2D eigenvalue weighted by molar-refractivity contribution is -0.126. The number of thioether (sulfide) groups is 1. The molecule has 0 spiro atoms. The van der Waals surface area contributed by atoms with Crippen molar-refractivity contribution in [2.75, 3.05) is 10.2 Å². The first-order chi connectivity index (χ1) is 12.2. The maximum Gasteiger partial charge on any atom is 0.250 e. The summed E-state index contributed by atoms with van der Waals surface area (Å²) in [6.45, 7) is 5.18. The quantitative estimate of drug-likeness (QED) is 0.768. The van der Waals surface area contributed by atoms with Crippen LogP contribution >= 0.6 is 23.4 Å². The number of anilines is 2. The van der Waals surface area contributed by atoms with Crippen molar-refractivity contribution >= 4 is 46.6 Å². The first kappa shape index (κ1) is 18.7. The van der Waals surface area contributed by atoms with E-state index in [1.165, 1.54) is 28.8 Å². The van der Waals surface area contributed by atoms with Crippen molar-refractivity contribution < 1.29 is 14.0 Å². The number of halogens is 2. The molecule has 2 aromatic rings. The average molecular weight is 393 g/mol. The Balaban J connectivity index is 1.91. The molecule has 0 unspecified atom stereocenters. The molecule has 1 aliphatic heterocycles. The highest BCUT2D eigenvalue weighted by Gasteiger charge is 2.44. The lowest BCUT2D eigenvalue weighted by atomic mass is 9.96. The van der Waals surface area contributed by atoms with Crippen molar-refractivity contribution in [3.63, 3.8) is 0 Å². The fourth-order valence-electron chi connectivity index (χ4n) is 2.83. The van der Waals surface area contributed by atoms with Gasteiger partial charge in [-0.2, -0.15) is 0 Å². The predicted octanol–water partition coefficient (Wildman–Crippen LogP) is 4.72. The van der Waals surface area contributed by atoms with Crippen molar-refractivity contribution in [1.82, 2.24) is 0 Å². The van der Waals surface area contributed by atoms with Gasteiger partial charge in [-0.3, -0.25) is 14.5 Å². The fraction of sp³-hybridized carbons (Fsp3) is 0.263. The van der Waals surface area contributed by atoms with Crippen LogP contribution in [0, 0.1) is 5.82 Å². The van der Waals surface area contributed by atoms with Crippen LogP contribution in [0.5, 0.6) is 0 Å². The molecular weight excluding hydrogens is 375 g/mol. The second kappa shape index (κ2) is 6.93. The highest BCUT2D eigenvalue weighted by molar-refractivity contribution is 8.00. The summed E-state index contributed by atoms with van der Waals surface area (Å²) < 4.78 is 13.3. The van der Waals surface area contributed by atoms with Crippen LogP contribution in [-0.2, 0) is 9.59 Å². The van der Waals surface area contributed by atoms with Gasteiger partial charge in [0.05, 0.1) is 21.6 Å². The molecule has 1 atom stereocenters. The Morgan fingerprint density at radius 2 is 1.96 bits per heavy atom. The molecule has 0 aliphatic carbocycles. The number of hydrogen-bond acceptors (Lipinski definition) is 3. The minimum atomic E-state index is -1.03. The molecule has 3 rings (SSSR count). The fourth-order valence-corrected chi connectivity index (χ4v) is 4.03. The third-order valence-electron chi connectivity index (χ3n) is 4.28. The Morgan fingerprint density at radius 1 is 1.27 bits per heavy atom. The normalized spacial score (nSPS) is 16.7. The lowest BCUT2D eigenvalue weighted by Gasteiger charge is -2.43. The number of nitrogens with zero attached hydrogens (tertiary/aromatic N) is 1. The number of fused-ring (bicyclic) bond motifs is 1. The molecule has 0 aromatic heterocycles. The van der Waals surface area contributed by atoms with Crippen LogP contribution in [-0.4, -0.2) is 22.6 Å². The highest BCUT2D eigenvalue weighted by atomic mass is 35.5. The van der Waals surface area contributed by atoms with E-state index in [0.29, 0.717) is 16.3 Å². The predicted molar refractivity (Wildman–Crippen MR) is 103 cm³/mol. The number of carbonyl (C=O) groups excluding carboxylic acids is 2. The zero-order chi connectivity index (χ0) is 19.1. The summed E-state index contributed by atoms with van der Waals surface area (Å²) in [4.78, 5) is 27.9. The molecule has 0 radical (unpaired) electrons. The van der Waals surface area contributed by atoms with Crippen LogP contribution < -0.4 is 10.2 Å². The first-order valence-electron chi connectivity index (χ1n) is 8.08. The molecule has 26 heavy (non-hydrogen) atoms. The van der Waals surface area contributed by atoms with Gasteiger partial charge in [0.25, 0.3) is 0 Å². The van der Waals surface area contributed by atoms with E-state index in [0.717, 1.165) is 0 Å². The smallest absolute Gasteiger partial charge is 0.250 e. The lowest BCUT2D eigenvalue weighted by Crippen LogP contribution is -2.60. The van der Waals surface area contributed by atoms with Crippen molar-refractivity contribution in [3.8, 4) is 0 Å². The van der Waals surface area contributed by atoms with Crippen LogP contribution in [0.1, 0.15) is 20.8 Å². The third kappa shape index (κ3) is 3.31. The Morgan fingerprint density at radius 3 is 2.65 bits per heavy atom. The van der Waals surface area contributed by atoms with Gasteiger partial charge in [0.1, 0.15) is 11.4 Å². The van der Waals surface area contributed by atoms with E-state index in [1.807, 2.05) is 6.07 Å².